The summed E-state index contributed by atoms with van der Waals surface area (Å²) in [5.41, 5.74) is -1.47. The molecule has 0 spiro atoms. The lowest BCUT2D eigenvalue weighted by molar-refractivity contribution is -0.200. The van der Waals surface area contributed by atoms with Crippen LogP contribution in [0.4, 0.5) is 0 Å². The molecule has 0 aromatic rings. The van der Waals surface area contributed by atoms with Crippen molar-refractivity contribution in [3.05, 3.63) is 23.8 Å². The number of aliphatic hydroxyl groups excluding tert-OH is 1. The molecule has 5 rings (SSSR count). The summed E-state index contributed by atoms with van der Waals surface area (Å²) < 4.78 is 41.1. The first-order valence-electron chi connectivity index (χ1n) is 12.7. The van der Waals surface area contributed by atoms with E-state index in [-0.39, 0.29) is 23.5 Å². The SMILES string of the molecule is CCC[C@H]1O[C@@H]2C[C@H]3[C@@H]4CCC5=CC(=O)C=C[C@]5(C)[C@H]4[C@H](O)C[C@]3(C)[C@]2(C(=O)COS(C)(=O)=O)O1. The van der Waals surface area contributed by atoms with Gasteiger partial charge in [-0.25, -0.2) is 0 Å². The van der Waals surface area contributed by atoms with Gasteiger partial charge in [-0.2, -0.15) is 8.42 Å². The van der Waals surface area contributed by atoms with Gasteiger partial charge in [0, 0.05) is 16.7 Å². The maximum Gasteiger partial charge on any atom is 0.264 e. The number of ether oxygens (including phenoxy) is 2. The highest BCUT2D eigenvalue weighted by molar-refractivity contribution is 7.86. The molecule has 0 amide bonds. The van der Waals surface area contributed by atoms with Gasteiger partial charge in [0.05, 0.1) is 18.5 Å². The van der Waals surface area contributed by atoms with Crippen LogP contribution in [0, 0.1) is 28.6 Å². The molecular weight excluding hydrogens is 472 g/mol. The Morgan fingerprint density at radius 2 is 2.06 bits per heavy atom. The zero-order chi connectivity index (χ0) is 25.4. The number of ketones is 2. The van der Waals surface area contributed by atoms with Gasteiger partial charge in [0.2, 0.25) is 0 Å². The summed E-state index contributed by atoms with van der Waals surface area (Å²) in [7, 11) is -3.82. The minimum Gasteiger partial charge on any atom is -0.393 e. The molecule has 1 N–H and O–H groups in total. The Labute approximate surface area is 207 Å². The van der Waals surface area contributed by atoms with Gasteiger partial charge in [0.1, 0.15) is 6.61 Å². The van der Waals surface area contributed by atoms with Crippen molar-refractivity contribution in [2.45, 2.75) is 83.4 Å². The Bertz CT molecular complexity index is 1090. The second-order valence-corrected chi connectivity index (χ2v) is 13.2. The quantitative estimate of drug-likeness (QED) is 0.545. The number of carbonyl (C=O) groups excluding carboxylic acids is 2. The molecule has 0 aromatic carbocycles. The molecule has 4 fully saturated rings. The van der Waals surface area contributed by atoms with Crippen molar-refractivity contribution in [3.63, 3.8) is 0 Å². The molecule has 0 unspecified atom stereocenters. The normalized spacial score (nSPS) is 46.4. The second kappa shape index (κ2) is 8.31. The van der Waals surface area contributed by atoms with Gasteiger partial charge in [-0.05, 0) is 56.1 Å². The Balaban J connectivity index is 1.53. The predicted molar refractivity (Wildman–Crippen MR) is 127 cm³/mol. The summed E-state index contributed by atoms with van der Waals surface area (Å²) in [6.07, 6.45) is 8.33. The third-order valence-corrected chi connectivity index (χ3v) is 10.2. The largest absolute Gasteiger partial charge is 0.393 e. The molecule has 0 bridgehead atoms. The number of Topliss-reactive ketones (excluding diaryl/α,β-unsaturated/α-hetero) is 1. The van der Waals surface area contributed by atoms with Crippen LogP contribution in [0.1, 0.15) is 59.3 Å². The van der Waals surface area contributed by atoms with Crippen LogP contribution in [0.2, 0.25) is 0 Å². The lowest BCUT2D eigenvalue weighted by atomic mass is 9.46. The molecule has 9 heteroatoms. The van der Waals surface area contributed by atoms with E-state index in [2.05, 4.69) is 6.92 Å². The molecule has 5 aliphatic rings. The fraction of sp³-hybridized carbons (Fsp3) is 0.769. The molecule has 1 saturated heterocycles. The molecule has 194 valence electrons. The third kappa shape index (κ3) is 3.64. The van der Waals surface area contributed by atoms with Gasteiger partial charge >= 0.3 is 0 Å². The van der Waals surface area contributed by atoms with Gasteiger partial charge in [-0.1, -0.05) is 38.8 Å². The summed E-state index contributed by atoms with van der Waals surface area (Å²) in [6, 6.07) is 0. The average molecular weight is 509 g/mol. The zero-order valence-corrected chi connectivity index (χ0v) is 21.7. The fourth-order valence-corrected chi connectivity index (χ4v) is 8.59. The van der Waals surface area contributed by atoms with Crippen LogP contribution in [0.3, 0.4) is 0 Å². The lowest BCUT2D eigenvalue weighted by Crippen LogP contribution is -2.63. The summed E-state index contributed by atoms with van der Waals surface area (Å²) in [5, 5.41) is 11.7. The van der Waals surface area contributed by atoms with Crippen molar-refractivity contribution in [2.24, 2.45) is 28.6 Å². The monoisotopic (exact) mass is 508 g/mol. The van der Waals surface area contributed by atoms with E-state index in [1.807, 2.05) is 19.9 Å². The van der Waals surface area contributed by atoms with Crippen LogP contribution in [-0.2, 0) is 33.4 Å². The van der Waals surface area contributed by atoms with E-state index in [0.29, 0.717) is 19.3 Å². The summed E-state index contributed by atoms with van der Waals surface area (Å²) >= 11 is 0. The van der Waals surface area contributed by atoms with Crippen molar-refractivity contribution in [3.8, 4) is 0 Å². The number of allylic oxidation sites excluding steroid dienone is 4. The van der Waals surface area contributed by atoms with Gasteiger partial charge < -0.3 is 14.6 Å². The maximum absolute atomic E-state index is 13.8. The number of aliphatic hydroxyl groups is 1. The predicted octanol–water partition coefficient (Wildman–Crippen LogP) is 2.70. The number of hydrogen-bond donors (Lipinski definition) is 1. The molecule has 4 aliphatic carbocycles. The highest BCUT2D eigenvalue weighted by atomic mass is 32.2. The Morgan fingerprint density at radius 3 is 2.74 bits per heavy atom. The second-order valence-electron chi connectivity index (χ2n) is 11.5. The van der Waals surface area contributed by atoms with Crippen molar-refractivity contribution in [2.75, 3.05) is 12.9 Å². The van der Waals surface area contributed by atoms with Crippen LogP contribution in [0.25, 0.3) is 0 Å². The van der Waals surface area contributed by atoms with Crippen molar-refractivity contribution >= 4 is 21.7 Å². The van der Waals surface area contributed by atoms with E-state index < -0.39 is 57.4 Å². The van der Waals surface area contributed by atoms with Gasteiger partial charge in [-0.15, -0.1) is 0 Å². The minimum absolute atomic E-state index is 0.0133. The highest BCUT2D eigenvalue weighted by Gasteiger charge is 2.75. The standard InChI is InChI=1S/C26H36O8S/c1-5-6-22-33-21-12-18-17-8-7-15-11-16(27)9-10-24(15,2)23(17)19(28)13-25(18,3)26(21,34-22)20(29)14-32-35(4,30)31/h9-11,17-19,21-23,28H,5-8,12-14H2,1-4H3/t17-,18-,19+,21+,22-,23+,24-,25-,26+/m0/s1. The minimum atomic E-state index is -3.82. The van der Waals surface area contributed by atoms with Crippen molar-refractivity contribution in [1.29, 1.82) is 0 Å². The fourth-order valence-electron chi connectivity index (χ4n) is 8.27. The molecule has 8 nitrogen and oxygen atoms in total. The Kier molecular flexibility index (Phi) is 6.00. The van der Waals surface area contributed by atoms with E-state index in [4.69, 9.17) is 13.7 Å². The van der Waals surface area contributed by atoms with Crippen LogP contribution in [0.5, 0.6) is 0 Å². The third-order valence-electron chi connectivity index (χ3n) is 9.63. The molecular formula is C26H36O8S. The molecule has 35 heavy (non-hydrogen) atoms. The first kappa shape index (κ1) is 25.3. The Hall–Kier alpha value is -1.39. The Morgan fingerprint density at radius 1 is 1.31 bits per heavy atom. The van der Waals surface area contributed by atoms with Crippen molar-refractivity contribution in [1.82, 2.24) is 0 Å². The first-order valence-corrected chi connectivity index (χ1v) is 14.5. The molecule has 0 aromatic heterocycles. The van der Waals surface area contributed by atoms with E-state index in [9.17, 15) is 23.1 Å². The van der Waals surface area contributed by atoms with Crippen LogP contribution in [0.15, 0.2) is 23.8 Å². The molecule has 9 atom stereocenters. The zero-order valence-electron chi connectivity index (χ0n) is 20.9. The van der Waals surface area contributed by atoms with Gasteiger partial charge in [-0.3, -0.25) is 13.8 Å². The van der Waals surface area contributed by atoms with E-state index in [1.54, 1.807) is 12.2 Å². The van der Waals surface area contributed by atoms with Gasteiger partial charge in [0.15, 0.2) is 23.5 Å². The molecule has 0 radical (unpaired) electrons. The highest BCUT2D eigenvalue weighted by Crippen LogP contribution is 2.69. The van der Waals surface area contributed by atoms with Gasteiger partial charge in [0.25, 0.3) is 10.1 Å². The lowest BCUT2D eigenvalue weighted by Gasteiger charge is -2.59. The van der Waals surface area contributed by atoms with E-state index >= 15 is 0 Å². The van der Waals surface area contributed by atoms with Crippen molar-refractivity contribution < 1.29 is 36.8 Å². The van der Waals surface area contributed by atoms with E-state index in [0.717, 1.165) is 31.1 Å². The number of fused-ring (bicyclic) bond motifs is 7. The molecule has 1 aliphatic heterocycles. The number of carbonyl (C=O) groups is 2. The average Bonchev–Trinajstić information content (AvgIpc) is 3.24. The summed E-state index contributed by atoms with van der Waals surface area (Å²) in [5.74, 6) is -0.398. The van der Waals surface area contributed by atoms with Crippen LogP contribution >= 0.6 is 0 Å². The van der Waals surface area contributed by atoms with E-state index in [1.165, 1.54) is 0 Å². The number of rotatable bonds is 6. The smallest absolute Gasteiger partial charge is 0.264 e. The van der Waals surface area contributed by atoms with Crippen LogP contribution in [-0.4, -0.2) is 62.1 Å². The summed E-state index contributed by atoms with van der Waals surface area (Å²) in [4.78, 5) is 25.8. The summed E-state index contributed by atoms with van der Waals surface area (Å²) in [6.45, 7) is 5.50. The molecule has 1 heterocycles. The maximum atomic E-state index is 13.8. The number of hydrogen-bond acceptors (Lipinski definition) is 8. The molecule has 3 saturated carbocycles. The first-order chi connectivity index (χ1) is 16.4. The topological polar surface area (TPSA) is 116 Å². The van der Waals surface area contributed by atoms with Crippen LogP contribution < -0.4 is 0 Å².